The number of hydrogen-bond donors (Lipinski definition) is 0. The Bertz CT molecular complexity index is 225. The van der Waals surface area contributed by atoms with Crippen LogP contribution >= 0.6 is 0 Å². The van der Waals surface area contributed by atoms with Crippen molar-refractivity contribution in [3.63, 3.8) is 0 Å². The Labute approximate surface area is 88.4 Å². The van der Waals surface area contributed by atoms with Crippen LogP contribution in [0.1, 0.15) is 57.4 Å². The maximum absolute atomic E-state index is 2.30. The monoisotopic (exact) mass is 190 g/mol. The van der Waals surface area contributed by atoms with Crippen molar-refractivity contribution in [2.45, 2.75) is 51.9 Å². The van der Waals surface area contributed by atoms with Crippen LogP contribution in [0.4, 0.5) is 0 Å². The first kappa shape index (κ1) is 11.3. The van der Waals surface area contributed by atoms with Gasteiger partial charge in [0.1, 0.15) is 0 Å². The van der Waals surface area contributed by atoms with Crippen molar-refractivity contribution in [3.05, 3.63) is 35.9 Å². The fourth-order valence-electron chi connectivity index (χ4n) is 1.97. The van der Waals surface area contributed by atoms with E-state index in [1.54, 1.807) is 0 Å². The van der Waals surface area contributed by atoms with E-state index < -0.39 is 0 Å². The van der Waals surface area contributed by atoms with E-state index in [2.05, 4.69) is 44.2 Å². The van der Waals surface area contributed by atoms with Gasteiger partial charge in [0.25, 0.3) is 0 Å². The van der Waals surface area contributed by atoms with Crippen LogP contribution in [-0.4, -0.2) is 0 Å². The van der Waals surface area contributed by atoms with Crippen LogP contribution in [-0.2, 0) is 0 Å². The number of rotatable bonds is 6. The fourth-order valence-corrected chi connectivity index (χ4v) is 1.97. The van der Waals surface area contributed by atoms with Gasteiger partial charge in [-0.25, -0.2) is 0 Å². The summed E-state index contributed by atoms with van der Waals surface area (Å²) in [4.78, 5) is 0. The van der Waals surface area contributed by atoms with Gasteiger partial charge in [-0.2, -0.15) is 0 Å². The van der Waals surface area contributed by atoms with Crippen molar-refractivity contribution in [1.82, 2.24) is 0 Å². The minimum atomic E-state index is 0.780. The van der Waals surface area contributed by atoms with E-state index in [4.69, 9.17) is 0 Å². The largest absolute Gasteiger partial charge is 0.0654 e. The molecule has 0 saturated carbocycles. The molecule has 0 fully saturated rings. The molecule has 0 heterocycles. The van der Waals surface area contributed by atoms with Crippen LogP contribution < -0.4 is 0 Å². The van der Waals surface area contributed by atoms with Crippen LogP contribution in [0.15, 0.2) is 30.3 Å². The average Bonchev–Trinajstić information content (AvgIpc) is 2.26. The van der Waals surface area contributed by atoms with Crippen molar-refractivity contribution >= 4 is 0 Å². The van der Waals surface area contributed by atoms with Gasteiger partial charge in [0.2, 0.25) is 0 Å². The number of unbranched alkanes of at least 4 members (excludes halogenated alkanes) is 2. The molecule has 0 aromatic heterocycles. The van der Waals surface area contributed by atoms with Gasteiger partial charge in [-0.15, -0.1) is 0 Å². The van der Waals surface area contributed by atoms with Crippen molar-refractivity contribution in [2.24, 2.45) is 0 Å². The van der Waals surface area contributed by atoms with Gasteiger partial charge in [-0.05, 0) is 24.3 Å². The lowest BCUT2D eigenvalue weighted by Gasteiger charge is -2.14. The summed E-state index contributed by atoms with van der Waals surface area (Å²) < 4.78 is 0. The molecule has 0 saturated heterocycles. The van der Waals surface area contributed by atoms with Gasteiger partial charge in [0.05, 0.1) is 0 Å². The lowest BCUT2D eigenvalue weighted by atomic mass is 9.91. The smallest absolute Gasteiger partial charge is 0.0165 e. The lowest BCUT2D eigenvalue weighted by Crippen LogP contribution is -1.96. The Morgan fingerprint density at radius 2 is 1.71 bits per heavy atom. The standard InChI is InChI=1S/C14H22/c1-3-5-7-10-13(4-2)14-11-8-6-9-12-14/h6,8-9,11-13H,3-5,7,10H2,1-2H3. The zero-order valence-corrected chi connectivity index (χ0v) is 9.50. The molecular formula is C14H22. The molecule has 0 aliphatic rings. The second-order valence-electron chi connectivity index (χ2n) is 4.01. The zero-order valence-electron chi connectivity index (χ0n) is 9.50. The summed E-state index contributed by atoms with van der Waals surface area (Å²) in [6, 6.07) is 10.9. The molecule has 0 heteroatoms. The topological polar surface area (TPSA) is 0 Å². The molecule has 0 spiro atoms. The summed E-state index contributed by atoms with van der Waals surface area (Å²) in [5, 5.41) is 0. The molecule has 0 bridgehead atoms. The van der Waals surface area contributed by atoms with Gasteiger partial charge < -0.3 is 0 Å². The average molecular weight is 190 g/mol. The Morgan fingerprint density at radius 1 is 1.00 bits per heavy atom. The molecule has 1 rings (SSSR count). The van der Waals surface area contributed by atoms with Gasteiger partial charge in [0.15, 0.2) is 0 Å². The minimum Gasteiger partial charge on any atom is -0.0654 e. The zero-order chi connectivity index (χ0) is 10.2. The highest BCUT2D eigenvalue weighted by atomic mass is 14.1. The number of hydrogen-bond acceptors (Lipinski definition) is 0. The van der Waals surface area contributed by atoms with Crippen LogP contribution in [0.25, 0.3) is 0 Å². The van der Waals surface area contributed by atoms with Crippen LogP contribution in [0.5, 0.6) is 0 Å². The maximum Gasteiger partial charge on any atom is -0.0165 e. The summed E-state index contributed by atoms with van der Waals surface area (Å²) in [5.41, 5.74) is 1.52. The molecule has 0 N–H and O–H groups in total. The molecular weight excluding hydrogens is 168 g/mol. The predicted molar refractivity (Wildman–Crippen MR) is 63.6 cm³/mol. The third-order valence-electron chi connectivity index (χ3n) is 2.92. The first-order chi connectivity index (χ1) is 6.88. The molecule has 1 unspecified atom stereocenters. The Kier molecular flexibility index (Phi) is 5.36. The Balaban J connectivity index is 2.46. The second kappa shape index (κ2) is 6.64. The first-order valence-corrected chi connectivity index (χ1v) is 5.93. The van der Waals surface area contributed by atoms with Crippen molar-refractivity contribution < 1.29 is 0 Å². The molecule has 14 heavy (non-hydrogen) atoms. The van der Waals surface area contributed by atoms with Gasteiger partial charge in [0, 0.05) is 0 Å². The normalized spacial score (nSPS) is 12.7. The summed E-state index contributed by atoms with van der Waals surface area (Å²) in [6.45, 7) is 4.56. The molecule has 1 atom stereocenters. The van der Waals surface area contributed by atoms with Crippen LogP contribution in [0.2, 0.25) is 0 Å². The predicted octanol–water partition coefficient (Wildman–Crippen LogP) is 4.76. The Hall–Kier alpha value is -0.780. The van der Waals surface area contributed by atoms with Crippen molar-refractivity contribution in [2.75, 3.05) is 0 Å². The lowest BCUT2D eigenvalue weighted by molar-refractivity contribution is 0.553. The Morgan fingerprint density at radius 3 is 2.29 bits per heavy atom. The second-order valence-corrected chi connectivity index (χ2v) is 4.01. The van der Waals surface area contributed by atoms with Crippen molar-refractivity contribution in [3.8, 4) is 0 Å². The molecule has 0 radical (unpaired) electrons. The van der Waals surface area contributed by atoms with Crippen LogP contribution in [0, 0.1) is 0 Å². The van der Waals surface area contributed by atoms with E-state index in [1.807, 2.05) is 0 Å². The van der Waals surface area contributed by atoms with E-state index in [1.165, 1.54) is 37.7 Å². The minimum absolute atomic E-state index is 0.780. The molecule has 0 aliphatic heterocycles. The molecule has 0 aliphatic carbocycles. The van der Waals surface area contributed by atoms with Crippen molar-refractivity contribution in [1.29, 1.82) is 0 Å². The summed E-state index contributed by atoms with van der Waals surface area (Å²) in [6.07, 6.45) is 6.71. The summed E-state index contributed by atoms with van der Waals surface area (Å²) >= 11 is 0. The summed E-state index contributed by atoms with van der Waals surface area (Å²) in [5.74, 6) is 0.780. The van der Waals surface area contributed by atoms with Gasteiger partial charge >= 0.3 is 0 Å². The highest BCUT2D eigenvalue weighted by Gasteiger charge is 2.07. The fraction of sp³-hybridized carbons (Fsp3) is 0.571. The van der Waals surface area contributed by atoms with E-state index in [0.29, 0.717) is 0 Å². The van der Waals surface area contributed by atoms with E-state index in [9.17, 15) is 0 Å². The first-order valence-electron chi connectivity index (χ1n) is 5.93. The number of benzene rings is 1. The van der Waals surface area contributed by atoms with E-state index in [-0.39, 0.29) is 0 Å². The van der Waals surface area contributed by atoms with E-state index in [0.717, 1.165) is 5.92 Å². The highest BCUT2D eigenvalue weighted by Crippen LogP contribution is 2.25. The summed E-state index contributed by atoms with van der Waals surface area (Å²) in [7, 11) is 0. The van der Waals surface area contributed by atoms with E-state index >= 15 is 0 Å². The highest BCUT2D eigenvalue weighted by molar-refractivity contribution is 5.19. The van der Waals surface area contributed by atoms with Crippen LogP contribution in [0.3, 0.4) is 0 Å². The molecule has 0 nitrogen and oxygen atoms in total. The molecule has 78 valence electrons. The molecule has 1 aromatic rings. The third kappa shape index (κ3) is 3.53. The SMILES string of the molecule is CCCCCC(CC)c1ccccc1. The third-order valence-corrected chi connectivity index (χ3v) is 2.92. The van der Waals surface area contributed by atoms with Gasteiger partial charge in [-0.1, -0.05) is 63.4 Å². The molecule has 0 amide bonds. The maximum atomic E-state index is 2.30. The molecule has 1 aromatic carbocycles. The van der Waals surface area contributed by atoms with Gasteiger partial charge in [-0.3, -0.25) is 0 Å². The quantitative estimate of drug-likeness (QED) is 0.567.